The maximum absolute atomic E-state index is 6.02. The van der Waals surface area contributed by atoms with Crippen LogP contribution in [0.5, 0.6) is 5.75 Å². The predicted molar refractivity (Wildman–Crippen MR) is 111 cm³/mol. The van der Waals surface area contributed by atoms with Crippen LogP contribution in [0.15, 0.2) is 54.6 Å². The lowest BCUT2D eigenvalue weighted by Crippen LogP contribution is -2.10. The molecule has 0 aliphatic rings. The lowest BCUT2D eigenvalue weighted by molar-refractivity contribution is 0.414. The summed E-state index contributed by atoms with van der Waals surface area (Å²) in [4.78, 5) is 9.00. The van der Waals surface area contributed by atoms with Gasteiger partial charge in [0.25, 0.3) is 0 Å². The molecule has 0 saturated carbocycles. The molecule has 0 aliphatic heterocycles. The van der Waals surface area contributed by atoms with Gasteiger partial charge in [0.2, 0.25) is 5.95 Å². The Kier molecular flexibility index (Phi) is 6.49. The van der Waals surface area contributed by atoms with Crippen molar-refractivity contribution in [1.29, 1.82) is 0 Å². The summed E-state index contributed by atoms with van der Waals surface area (Å²) in [5.41, 5.74) is 3.25. The average Bonchev–Trinajstić information content (AvgIpc) is 2.66. The minimum atomic E-state index is 0.620. The van der Waals surface area contributed by atoms with Gasteiger partial charge in [-0.2, -0.15) is 4.98 Å². The molecule has 1 heterocycles. The van der Waals surface area contributed by atoms with Crippen molar-refractivity contribution in [2.45, 2.75) is 19.9 Å². The predicted octanol–water partition coefficient (Wildman–Crippen LogP) is 4.71. The molecule has 0 unspecified atom stereocenters. The summed E-state index contributed by atoms with van der Waals surface area (Å²) in [6, 6.07) is 17.8. The van der Waals surface area contributed by atoms with Crippen LogP contribution in [0.3, 0.4) is 0 Å². The van der Waals surface area contributed by atoms with Gasteiger partial charge in [0, 0.05) is 29.9 Å². The molecule has 3 aromatic rings. The first-order valence-electron chi connectivity index (χ1n) is 8.83. The first kappa shape index (κ1) is 19.0. The van der Waals surface area contributed by atoms with Gasteiger partial charge >= 0.3 is 0 Å². The normalized spacial score (nSPS) is 10.5. The van der Waals surface area contributed by atoms with Gasteiger partial charge in [0.05, 0.1) is 7.11 Å². The molecule has 0 radical (unpaired) electrons. The van der Waals surface area contributed by atoms with Crippen molar-refractivity contribution < 1.29 is 4.74 Å². The highest BCUT2D eigenvalue weighted by molar-refractivity contribution is 6.30. The van der Waals surface area contributed by atoms with E-state index in [1.807, 2.05) is 55.5 Å². The van der Waals surface area contributed by atoms with Gasteiger partial charge in [-0.3, -0.25) is 0 Å². The number of halogens is 1. The van der Waals surface area contributed by atoms with E-state index in [9.17, 15) is 0 Å². The molecule has 1 aromatic heterocycles. The molecule has 5 nitrogen and oxygen atoms in total. The second-order valence-corrected chi connectivity index (χ2v) is 6.66. The lowest BCUT2D eigenvalue weighted by atomic mass is 10.1. The van der Waals surface area contributed by atoms with E-state index >= 15 is 0 Å². The Bertz CT molecular complexity index is 884. The van der Waals surface area contributed by atoms with Crippen molar-refractivity contribution in [3.8, 4) is 5.75 Å². The van der Waals surface area contributed by atoms with E-state index in [4.69, 9.17) is 16.3 Å². The van der Waals surface area contributed by atoms with Crippen molar-refractivity contribution in [2.75, 3.05) is 24.3 Å². The van der Waals surface area contributed by atoms with Crippen molar-refractivity contribution >= 4 is 23.4 Å². The lowest BCUT2D eigenvalue weighted by Gasteiger charge is -2.10. The summed E-state index contributed by atoms with van der Waals surface area (Å²) in [6.07, 6.45) is 0.854. The molecule has 0 bridgehead atoms. The van der Waals surface area contributed by atoms with E-state index in [0.29, 0.717) is 12.5 Å². The Morgan fingerprint density at radius 2 is 1.78 bits per heavy atom. The number of hydrogen-bond donors (Lipinski definition) is 2. The minimum Gasteiger partial charge on any atom is -0.497 e. The molecule has 0 spiro atoms. The van der Waals surface area contributed by atoms with Gasteiger partial charge in [-0.05, 0) is 48.7 Å². The number of rotatable bonds is 8. The van der Waals surface area contributed by atoms with E-state index in [2.05, 4.69) is 26.7 Å². The number of methoxy groups -OCH3 is 1. The smallest absolute Gasteiger partial charge is 0.224 e. The molecule has 27 heavy (non-hydrogen) atoms. The third kappa shape index (κ3) is 5.86. The van der Waals surface area contributed by atoms with Gasteiger partial charge in [0.1, 0.15) is 11.6 Å². The molecule has 140 valence electrons. The highest BCUT2D eigenvalue weighted by Crippen LogP contribution is 2.15. The molecule has 0 fully saturated rings. The first-order valence-corrected chi connectivity index (χ1v) is 9.21. The van der Waals surface area contributed by atoms with Crippen LogP contribution in [0.4, 0.5) is 11.8 Å². The summed E-state index contributed by atoms with van der Waals surface area (Å²) in [5, 5.41) is 7.39. The Hall–Kier alpha value is -2.79. The highest BCUT2D eigenvalue weighted by atomic mass is 35.5. The summed E-state index contributed by atoms with van der Waals surface area (Å²) >= 11 is 6.02. The third-order valence-corrected chi connectivity index (χ3v) is 4.31. The van der Waals surface area contributed by atoms with Crippen LogP contribution in [0, 0.1) is 6.92 Å². The average molecular weight is 383 g/mol. The maximum Gasteiger partial charge on any atom is 0.224 e. The third-order valence-electron chi connectivity index (χ3n) is 4.07. The molecule has 0 amide bonds. The Labute approximate surface area is 164 Å². The second-order valence-electron chi connectivity index (χ2n) is 6.23. The fourth-order valence-corrected chi connectivity index (χ4v) is 2.90. The number of benzene rings is 2. The molecule has 0 atom stereocenters. The number of nitrogens with one attached hydrogen (secondary N) is 2. The summed E-state index contributed by atoms with van der Waals surface area (Å²) < 4.78 is 5.18. The van der Waals surface area contributed by atoms with E-state index in [1.165, 1.54) is 5.56 Å². The van der Waals surface area contributed by atoms with Crippen LogP contribution in [-0.2, 0) is 13.0 Å². The molecule has 6 heteroatoms. The number of anilines is 2. The van der Waals surface area contributed by atoms with E-state index in [-0.39, 0.29) is 0 Å². The van der Waals surface area contributed by atoms with Gasteiger partial charge in [-0.25, -0.2) is 4.98 Å². The van der Waals surface area contributed by atoms with Crippen molar-refractivity contribution in [3.63, 3.8) is 0 Å². The summed E-state index contributed by atoms with van der Waals surface area (Å²) in [6.45, 7) is 3.38. The summed E-state index contributed by atoms with van der Waals surface area (Å²) in [7, 11) is 1.66. The van der Waals surface area contributed by atoms with Crippen LogP contribution in [-0.4, -0.2) is 23.6 Å². The number of ether oxygens (including phenoxy) is 1. The van der Waals surface area contributed by atoms with Crippen LogP contribution < -0.4 is 15.4 Å². The standard InChI is InChI=1S/C21H23ClN4O/c1-15-12-20(24-14-17-6-8-19(27-2)9-7-17)26-21(25-15)23-11-10-16-4-3-5-18(22)13-16/h3-9,12-13H,10-11,14H2,1-2H3,(H2,23,24,25,26). The van der Waals surface area contributed by atoms with Crippen LogP contribution in [0.25, 0.3) is 0 Å². The molecular formula is C21H23ClN4O. The van der Waals surface area contributed by atoms with Crippen LogP contribution in [0.1, 0.15) is 16.8 Å². The van der Waals surface area contributed by atoms with Crippen molar-refractivity contribution in [2.24, 2.45) is 0 Å². The number of aromatic nitrogens is 2. The fourth-order valence-electron chi connectivity index (χ4n) is 2.69. The van der Waals surface area contributed by atoms with Crippen molar-refractivity contribution in [3.05, 3.63) is 76.4 Å². The quantitative estimate of drug-likeness (QED) is 0.590. The minimum absolute atomic E-state index is 0.620. The van der Waals surface area contributed by atoms with Gasteiger partial charge in [0.15, 0.2) is 0 Å². The second kappa shape index (κ2) is 9.24. The van der Waals surface area contributed by atoms with Gasteiger partial charge in [-0.1, -0.05) is 35.9 Å². The zero-order valence-corrected chi connectivity index (χ0v) is 16.3. The van der Waals surface area contributed by atoms with Crippen molar-refractivity contribution in [1.82, 2.24) is 9.97 Å². The van der Waals surface area contributed by atoms with Crippen LogP contribution >= 0.6 is 11.6 Å². The number of nitrogens with zero attached hydrogens (tertiary/aromatic N) is 2. The molecule has 3 rings (SSSR count). The number of aryl methyl sites for hydroxylation is 1. The number of hydrogen-bond acceptors (Lipinski definition) is 5. The van der Waals surface area contributed by atoms with Gasteiger partial charge in [-0.15, -0.1) is 0 Å². The Balaban J connectivity index is 1.56. The largest absolute Gasteiger partial charge is 0.497 e. The Morgan fingerprint density at radius 1 is 0.963 bits per heavy atom. The van der Waals surface area contributed by atoms with E-state index in [0.717, 1.165) is 40.8 Å². The van der Waals surface area contributed by atoms with E-state index in [1.54, 1.807) is 7.11 Å². The molecule has 0 saturated heterocycles. The summed E-state index contributed by atoms with van der Waals surface area (Å²) in [5.74, 6) is 2.26. The first-order chi connectivity index (χ1) is 13.1. The Morgan fingerprint density at radius 3 is 2.52 bits per heavy atom. The van der Waals surface area contributed by atoms with Gasteiger partial charge < -0.3 is 15.4 Å². The molecular weight excluding hydrogens is 360 g/mol. The SMILES string of the molecule is COc1ccc(CNc2cc(C)nc(NCCc3cccc(Cl)c3)n2)cc1. The maximum atomic E-state index is 6.02. The molecule has 2 N–H and O–H groups in total. The molecule has 0 aliphatic carbocycles. The molecule has 2 aromatic carbocycles. The topological polar surface area (TPSA) is 59.1 Å². The highest BCUT2D eigenvalue weighted by Gasteiger charge is 2.03. The monoisotopic (exact) mass is 382 g/mol. The zero-order valence-electron chi connectivity index (χ0n) is 15.5. The zero-order chi connectivity index (χ0) is 19.1. The van der Waals surface area contributed by atoms with E-state index < -0.39 is 0 Å². The van der Waals surface area contributed by atoms with Crippen LogP contribution in [0.2, 0.25) is 5.02 Å². The fraction of sp³-hybridized carbons (Fsp3) is 0.238.